The van der Waals surface area contributed by atoms with Crippen LogP contribution in [0.4, 0.5) is 5.82 Å². The second-order valence-electron chi connectivity index (χ2n) is 5.59. The van der Waals surface area contributed by atoms with Gasteiger partial charge in [0.1, 0.15) is 12.1 Å². The molecule has 0 aliphatic heterocycles. The summed E-state index contributed by atoms with van der Waals surface area (Å²) in [6.07, 6.45) is 2.81. The lowest BCUT2D eigenvalue weighted by molar-refractivity contribution is 0.208. The van der Waals surface area contributed by atoms with Crippen LogP contribution in [0.3, 0.4) is 0 Å². The van der Waals surface area contributed by atoms with Gasteiger partial charge >= 0.3 is 0 Å². The second-order valence-corrected chi connectivity index (χ2v) is 5.59. The Labute approximate surface area is 128 Å². The third-order valence-electron chi connectivity index (χ3n) is 3.38. The van der Waals surface area contributed by atoms with Gasteiger partial charge in [-0.1, -0.05) is 6.07 Å². The predicted molar refractivity (Wildman–Crippen MR) is 86.3 cm³/mol. The quantitative estimate of drug-likeness (QED) is 0.772. The maximum Gasteiger partial charge on any atom is 0.168 e. The van der Waals surface area contributed by atoms with E-state index < -0.39 is 6.10 Å². The van der Waals surface area contributed by atoms with Gasteiger partial charge in [0.05, 0.1) is 23.4 Å². The van der Waals surface area contributed by atoms with Gasteiger partial charge in [-0.15, -0.1) is 0 Å². The third kappa shape index (κ3) is 2.78. The molecule has 1 atom stereocenters. The molecule has 2 N–H and O–H groups in total. The highest BCUT2D eigenvalue weighted by Crippen LogP contribution is 2.22. The number of fused-ring (bicyclic) bond motifs is 1. The molecule has 3 rings (SSSR count). The van der Waals surface area contributed by atoms with Crippen LogP contribution in [0.25, 0.3) is 16.7 Å². The van der Waals surface area contributed by atoms with E-state index in [1.54, 1.807) is 13.1 Å². The van der Waals surface area contributed by atoms with Crippen LogP contribution in [-0.2, 0) is 0 Å². The average molecular weight is 297 g/mol. The molecule has 22 heavy (non-hydrogen) atoms. The number of aliphatic hydroxyl groups excluding tert-OH is 1. The van der Waals surface area contributed by atoms with Crippen LogP contribution in [-0.4, -0.2) is 37.5 Å². The first-order valence-electron chi connectivity index (χ1n) is 7.24. The van der Waals surface area contributed by atoms with Gasteiger partial charge in [0, 0.05) is 6.54 Å². The Kier molecular flexibility index (Phi) is 3.77. The van der Waals surface area contributed by atoms with Gasteiger partial charge in [-0.3, -0.25) is 0 Å². The molecule has 0 radical (unpaired) electrons. The highest BCUT2D eigenvalue weighted by Gasteiger charge is 2.11. The van der Waals surface area contributed by atoms with Crippen molar-refractivity contribution in [3.05, 3.63) is 41.9 Å². The first kappa shape index (κ1) is 14.5. The summed E-state index contributed by atoms with van der Waals surface area (Å²) in [5, 5.41) is 17.8. The molecule has 1 unspecified atom stereocenters. The highest BCUT2D eigenvalue weighted by atomic mass is 16.3. The molecule has 114 valence electrons. The van der Waals surface area contributed by atoms with Gasteiger partial charge in [0.2, 0.25) is 0 Å². The van der Waals surface area contributed by atoms with E-state index >= 15 is 0 Å². The smallest absolute Gasteiger partial charge is 0.168 e. The van der Waals surface area contributed by atoms with E-state index in [1.807, 2.05) is 4.68 Å². The molecule has 2 heterocycles. The molecule has 3 aromatic rings. The summed E-state index contributed by atoms with van der Waals surface area (Å²) in [6, 6.07) is 6.27. The lowest BCUT2D eigenvalue weighted by Gasteiger charge is -2.09. The number of anilines is 1. The monoisotopic (exact) mass is 297 g/mol. The Bertz CT molecular complexity index is 789. The Balaban J connectivity index is 2.07. The van der Waals surface area contributed by atoms with E-state index in [0.29, 0.717) is 12.4 Å². The van der Waals surface area contributed by atoms with Crippen molar-refractivity contribution in [3.63, 3.8) is 0 Å². The van der Waals surface area contributed by atoms with Crippen molar-refractivity contribution >= 4 is 16.9 Å². The van der Waals surface area contributed by atoms with E-state index in [4.69, 9.17) is 0 Å². The molecule has 0 aliphatic rings. The minimum absolute atomic E-state index is 0.431. The summed E-state index contributed by atoms with van der Waals surface area (Å²) in [5.74, 6) is 0.682. The van der Waals surface area contributed by atoms with Crippen LogP contribution in [0.2, 0.25) is 0 Å². The van der Waals surface area contributed by atoms with Crippen molar-refractivity contribution in [2.45, 2.75) is 26.9 Å². The Hall–Kier alpha value is -2.47. The summed E-state index contributed by atoms with van der Waals surface area (Å²) in [4.78, 5) is 8.59. The highest BCUT2D eigenvalue weighted by molar-refractivity contribution is 5.87. The molecule has 6 heteroatoms. The SMILES string of the molecule is Cc1cc(C)cc(-n2ncc3c(NCC(C)O)ncnc32)c1. The number of aryl methyl sites for hydroxylation is 2. The fraction of sp³-hybridized carbons (Fsp3) is 0.312. The molecule has 0 aliphatic carbocycles. The molecule has 2 aromatic heterocycles. The maximum atomic E-state index is 9.40. The number of hydrogen-bond donors (Lipinski definition) is 2. The molecule has 6 nitrogen and oxygen atoms in total. The lowest BCUT2D eigenvalue weighted by atomic mass is 10.1. The molecule has 0 saturated heterocycles. The largest absolute Gasteiger partial charge is 0.392 e. The molecule has 0 amide bonds. The van der Waals surface area contributed by atoms with Crippen LogP contribution in [0.15, 0.2) is 30.7 Å². The molecule has 0 spiro atoms. The number of hydrogen-bond acceptors (Lipinski definition) is 5. The summed E-state index contributed by atoms with van der Waals surface area (Å²) < 4.78 is 1.81. The van der Waals surface area contributed by atoms with Crippen molar-refractivity contribution in [2.24, 2.45) is 0 Å². The minimum Gasteiger partial charge on any atom is -0.392 e. The van der Waals surface area contributed by atoms with Crippen LogP contribution in [0, 0.1) is 13.8 Å². The molecular weight excluding hydrogens is 278 g/mol. The first-order valence-corrected chi connectivity index (χ1v) is 7.24. The van der Waals surface area contributed by atoms with E-state index in [0.717, 1.165) is 16.7 Å². The standard InChI is InChI=1S/C16H19N5O/c1-10-4-11(2)6-13(5-10)21-16-14(8-20-21)15(18-9-19-16)17-7-12(3)22/h4-6,8-9,12,22H,7H2,1-3H3,(H,17,18,19). The van der Waals surface area contributed by atoms with Crippen LogP contribution < -0.4 is 5.32 Å². The topological polar surface area (TPSA) is 75.9 Å². The third-order valence-corrected chi connectivity index (χ3v) is 3.38. The molecular formula is C16H19N5O. The first-order chi connectivity index (χ1) is 10.5. The fourth-order valence-electron chi connectivity index (χ4n) is 2.49. The summed E-state index contributed by atoms with van der Waals surface area (Å²) in [7, 11) is 0. The van der Waals surface area contributed by atoms with Gasteiger partial charge in [0.25, 0.3) is 0 Å². The number of nitrogens with one attached hydrogen (secondary N) is 1. The van der Waals surface area contributed by atoms with Gasteiger partial charge in [-0.25, -0.2) is 14.6 Å². The predicted octanol–water partition coefficient (Wildman–Crippen LogP) is 2.23. The van der Waals surface area contributed by atoms with E-state index in [-0.39, 0.29) is 0 Å². The molecule has 0 bridgehead atoms. The second kappa shape index (κ2) is 5.73. The van der Waals surface area contributed by atoms with E-state index in [9.17, 15) is 5.11 Å². The summed E-state index contributed by atoms with van der Waals surface area (Å²) >= 11 is 0. The fourth-order valence-corrected chi connectivity index (χ4v) is 2.49. The van der Waals surface area contributed by atoms with Crippen molar-refractivity contribution in [1.29, 1.82) is 0 Å². The van der Waals surface area contributed by atoms with Crippen LogP contribution >= 0.6 is 0 Å². The number of aromatic nitrogens is 4. The average Bonchev–Trinajstić information content (AvgIpc) is 2.88. The van der Waals surface area contributed by atoms with Crippen molar-refractivity contribution in [1.82, 2.24) is 19.7 Å². The van der Waals surface area contributed by atoms with Crippen LogP contribution in [0.1, 0.15) is 18.1 Å². The van der Waals surface area contributed by atoms with Gasteiger partial charge in [0.15, 0.2) is 5.65 Å². The van der Waals surface area contributed by atoms with Gasteiger partial charge in [-0.2, -0.15) is 5.10 Å². The lowest BCUT2D eigenvalue weighted by Crippen LogP contribution is -2.16. The van der Waals surface area contributed by atoms with E-state index in [2.05, 4.69) is 52.4 Å². The number of benzene rings is 1. The summed E-state index contributed by atoms with van der Waals surface area (Å²) in [5.41, 5.74) is 4.08. The zero-order valence-electron chi connectivity index (χ0n) is 12.9. The van der Waals surface area contributed by atoms with Crippen molar-refractivity contribution < 1.29 is 5.11 Å². The maximum absolute atomic E-state index is 9.40. The number of rotatable bonds is 4. The Morgan fingerprint density at radius 2 is 1.91 bits per heavy atom. The summed E-state index contributed by atoms with van der Waals surface area (Å²) in [6.45, 7) is 6.28. The zero-order valence-corrected chi connectivity index (χ0v) is 12.9. The Morgan fingerprint density at radius 1 is 1.18 bits per heavy atom. The van der Waals surface area contributed by atoms with E-state index in [1.165, 1.54) is 17.5 Å². The normalized spacial score (nSPS) is 12.5. The number of aliphatic hydroxyl groups is 1. The molecule has 0 saturated carbocycles. The molecule has 1 aromatic carbocycles. The van der Waals surface area contributed by atoms with Gasteiger partial charge < -0.3 is 10.4 Å². The van der Waals surface area contributed by atoms with Crippen molar-refractivity contribution in [3.8, 4) is 5.69 Å². The molecule has 0 fully saturated rings. The van der Waals surface area contributed by atoms with Crippen molar-refractivity contribution in [2.75, 3.05) is 11.9 Å². The van der Waals surface area contributed by atoms with Crippen LogP contribution in [0.5, 0.6) is 0 Å². The van der Waals surface area contributed by atoms with Gasteiger partial charge in [-0.05, 0) is 44.0 Å². The number of nitrogens with zero attached hydrogens (tertiary/aromatic N) is 4. The minimum atomic E-state index is -0.445. The Morgan fingerprint density at radius 3 is 2.59 bits per heavy atom. The zero-order chi connectivity index (χ0) is 15.7.